The average molecular weight is 422 g/mol. The first-order valence-electron chi connectivity index (χ1n) is 10.8. The number of rotatable bonds is 5. The highest BCUT2D eigenvalue weighted by Gasteiger charge is 2.19. The zero-order valence-corrected chi connectivity index (χ0v) is 17.6. The summed E-state index contributed by atoms with van der Waals surface area (Å²) in [6.45, 7) is 4.92. The summed E-state index contributed by atoms with van der Waals surface area (Å²) in [6, 6.07) is 6.03. The minimum Gasteiger partial charge on any atom is -0.387 e. The molecule has 3 aromatic heterocycles. The van der Waals surface area contributed by atoms with Gasteiger partial charge in [0.25, 0.3) is 0 Å². The van der Waals surface area contributed by atoms with E-state index in [9.17, 15) is 5.11 Å². The molecule has 31 heavy (non-hydrogen) atoms. The number of aliphatic hydroxyl groups excluding tert-OH is 1. The number of aliphatic hydroxyl groups is 1. The van der Waals surface area contributed by atoms with Crippen molar-refractivity contribution in [3.8, 4) is 0 Å². The Balaban J connectivity index is 1.47. The predicted molar refractivity (Wildman–Crippen MR) is 118 cm³/mol. The highest BCUT2D eigenvalue weighted by Crippen LogP contribution is 2.27. The Morgan fingerprint density at radius 2 is 2.19 bits per heavy atom. The molecule has 2 atom stereocenters. The van der Waals surface area contributed by atoms with Gasteiger partial charge in [-0.05, 0) is 37.5 Å². The molecule has 1 fully saturated rings. The van der Waals surface area contributed by atoms with Crippen molar-refractivity contribution in [1.29, 1.82) is 0 Å². The van der Waals surface area contributed by atoms with Gasteiger partial charge in [-0.1, -0.05) is 6.07 Å². The largest absolute Gasteiger partial charge is 0.387 e. The molecule has 2 aliphatic rings. The molecule has 3 aromatic rings. The standard InChI is InChI=1S/C22H27N7O2/c1-13(30)18-9-15-11-24-22(28-19-5-4-14-10-23-7-6-17(14)26-19)29-20(15)21(27-18)25-16-3-2-8-31-12-16/h4-5,9,11,13,16,23,30H,2-3,6-8,10,12H2,1H3,(H,25,27)(H,24,26,28,29)/t13-,16+/m1/s1. The molecule has 4 N–H and O–H groups in total. The third-order valence-electron chi connectivity index (χ3n) is 5.68. The third kappa shape index (κ3) is 4.43. The van der Waals surface area contributed by atoms with Gasteiger partial charge in [-0.25, -0.2) is 19.9 Å². The van der Waals surface area contributed by atoms with Gasteiger partial charge >= 0.3 is 0 Å². The predicted octanol–water partition coefficient (Wildman–Crippen LogP) is 2.45. The van der Waals surface area contributed by atoms with Gasteiger partial charge in [0.05, 0.1) is 24.4 Å². The highest BCUT2D eigenvalue weighted by atomic mass is 16.5. The summed E-state index contributed by atoms with van der Waals surface area (Å²) in [5.74, 6) is 1.82. The number of pyridine rings is 2. The Morgan fingerprint density at radius 3 is 3.03 bits per heavy atom. The van der Waals surface area contributed by atoms with Crippen LogP contribution in [0.4, 0.5) is 17.6 Å². The number of hydrogen-bond acceptors (Lipinski definition) is 9. The van der Waals surface area contributed by atoms with E-state index < -0.39 is 6.10 Å². The SMILES string of the molecule is C[C@@H](O)c1cc2cnc(Nc3ccc4c(n3)CCNC4)nc2c(N[C@H]2CCCOC2)n1. The summed E-state index contributed by atoms with van der Waals surface area (Å²) < 4.78 is 5.59. The fourth-order valence-corrected chi connectivity index (χ4v) is 4.00. The molecule has 0 aromatic carbocycles. The van der Waals surface area contributed by atoms with E-state index in [1.165, 1.54) is 5.56 Å². The van der Waals surface area contributed by atoms with Crippen LogP contribution < -0.4 is 16.0 Å². The number of nitrogens with zero attached hydrogens (tertiary/aromatic N) is 4. The van der Waals surface area contributed by atoms with E-state index in [0.29, 0.717) is 29.6 Å². The molecule has 2 aliphatic heterocycles. The van der Waals surface area contributed by atoms with Gasteiger partial charge in [0, 0.05) is 43.4 Å². The summed E-state index contributed by atoms with van der Waals surface area (Å²) in [7, 11) is 0. The first-order valence-corrected chi connectivity index (χ1v) is 10.8. The average Bonchev–Trinajstić information content (AvgIpc) is 2.80. The van der Waals surface area contributed by atoms with E-state index in [1.807, 2.05) is 12.1 Å². The fraction of sp³-hybridized carbons (Fsp3) is 0.455. The van der Waals surface area contributed by atoms with Crippen molar-refractivity contribution >= 4 is 28.5 Å². The molecule has 0 spiro atoms. The van der Waals surface area contributed by atoms with Gasteiger partial charge in [-0.15, -0.1) is 0 Å². The number of aromatic nitrogens is 4. The van der Waals surface area contributed by atoms with E-state index in [2.05, 4.69) is 32.0 Å². The van der Waals surface area contributed by atoms with Gasteiger partial charge in [0.15, 0.2) is 5.82 Å². The lowest BCUT2D eigenvalue weighted by Crippen LogP contribution is -2.30. The lowest BCUT2D eigenvalue weighted by molar-refractivity contribution is 0.0875. The summed E-state index contributed by atoms with van der Waals surface area (Å²) >= 11 is 0. The quantitative estimate of drug-likeness (QED) is 0.493. The smallest absolute Gasteiger partial charge is 0.229 e. The van der Waals surface area contributed by atoms with Gasteiger partial charge in [-0.3, -0.25) is 0 Å². The zero-order chi connectivity index (χ0) is 21.2. The topological polar surface area (TPSA) is 117 Å². The molecule has 0 bridgehead atoms. The van der Waals surface area contributed by atoms with Crippen LogP contribution in [0.1, 0.15) is 42.8 Å². The lowest BCUT2D eigenvalue weighted by atomic mass is 10.1. The minimum atomic E-state index is -0.681. The number of fused-ring (bicyclic) bond motifs is 2. The Labute approximate surface area is 180 Å². The van der Waals surface area contributed by atoms with E-state index >= 15 is 0 Å². The van der Waals surface area contributed by atoms with Gasteiger partial charge in [0.1, 0.15) is 11.3 Å². The third-order valence-corrected chi connectivity index (χ3v) is 5.68. The Hall–Kier alpha value is -2.88. The molecule has 162 valence electrons. The molecule has 0 unspecified atom stereocenters. The molecule has 0 saturated carbocycles. The van der Waals surface area contributed by atoms with Gasteiger partial charge in [0.2, 0.25) is 5.95 Å². The highest BCUT2D eigenvalue weighted by molar-refractivity contribution is 5.89. The van der Waals surface area contributed by atoms with Crippen molar-refractivity contribution in [2.75, 3.05) is 30.4 Å². The summed E-state index contributed by atoms with van der Waals surface area (Å²) in [5.41, 5.74) is 3.62. The number of hydrogen-bond donors (Lipinski definition) is 4. The molecular weight excluding hydrogens is 394 g/mol. The lowest BCUT2D eigenvalue weighted by Gasteiger charge is -2.24. The van der Waals surface area contributed by atoms with Crippen LogP contribution in [0.2, 0.25) is 0 Å². The minimum absolute atomic E-state index is 0.163. The summed E-state index contributed by atoms with van der Waals surface area (Å²) in [6.07, 6.45) is 3.99. The molecule has 0 aliphatic carbocycles. The maximum Gasteiger partial charge on any atom is 0.229 e. The van der Waals surface area contributed by atoms with E-state index in [1.54, 1.807) is 13.1 Å². The molecular formula is C22H27N7O2. The van der Waals surface area contributed by atoms with Crippen LogP contribution in [0.3, 0.4) is 0 Å². The van der Waals surface area contributed by atoms with Crippen LogP contribution in [0.25, 0.3) is 10.9 Å². The van der Waals surface area contributed by atoms with Crippen molar-refractivity contribution in [2.45, 2.75) is 44.9 Å². The van der Waals surface area contributed by atoms with Crippen molar-refractivity contribution < 1.29 is 9.84 Å². The second kappa shape index (κ2) is 8.70. The summed E-state index contributed by atoms with van der Waals surface area (Å²) in [4.78, 5) is 18.6. The van der Waals surface area contributed by atoms with Crippen molar-refractivity contribution in [1.82, 2.24) is 25.3 Å². The molecule has 0 radical (unpaired) electrons. The van der Waals surface area contributed by atoms with E-state index in [4.69, 9.17) is 14.7 Å². The monoisotopic (exact) mass is 421 g/mol. The zero-order valence-electron chi connectivity index (χ0n) is 17.6. The maximum absolute atomic E-state index is 10.1. The van der Waals surface area contributed by atoms with Gasteiger partial charge in [-0.2, -0.15) is 0 Å². The van der Waals surface area contributed by atoms with Crippen LogP contribution >= 0.6 is 0 Å². The van der Waals surface area contributed by atoms with Crippen molar-refractivity contribution in [3.05, 3.63) is 41.3 Å². The molecule has 9 heteroatoms. The fourth-order valence-electron chi connectivity index (χ4n) is 4.00. The molecule has 0 amide bonds. The van der Waals surface area contributed by atoms with E-state index in [0.717, 1.165) is 55.9 Å². The molecule has 5 rings (SSSR count). The Morgan fingerprint density at radius 1 is 1.26 bits per heavy atom. The van der Waals surface area contributed by atoms with Gasteiger partial charge < -0.3 is 25.8 Å². The second-order valence-electron chi connectivity index (χ2n) is 8.12. The Kier molecular flexibility index (Phi) is 5.63. The van der Waals surface area contributed by atoms with Crippen LogP contribution in [-0.4, -0.2) is 50.8 Å². The second-order valence-corrected chi connectivity index (χ2v) is 8.12. The van der Waals surface area contributed by atoms with Crippen LogP contribution in [-0.2, 0) is 17.7 Å². The van der Waals surface area contributed by atoms with Crippen molar-refractivity contribution in [3.63, 3.8) is 0 Å². The molecule has 5 heterocycles. The number of nitrogens with one attached hydrogen (secondary N) is 3. The molecule has 9 nitrogen and oxygen atoms in total. The van der Waals surface area contributed by atoms with Crippen LogP contribution in [0, 0.1) is 0 Å². The van der Waals surface area contributed by atoms with Crippen LogP contribution in [0.15, 0.2) is 24.4 Å². The number of ether oxygens (including phenoxy) is 1. The van der Waals surface area contributed by atoms with E-state index in [-0.39, 0.29) is 6.04 Å². The first kappa shape index (κ1) is 20.0. The Bertz CT molecular complexity index is 1080. The van der Waals surface area contributed by atoms with Crippen LogP contribution in [0.5, 0.6) is 0 Å². The van der Waals surface area contributed by atoms with Crippen molar-refractivity contribution in [2.24, 2.45) is 0 Å². The summed E-state index contributed by atoms with van der Waals surface area (Å²) in [5, 5.41) is 20.9. The number of anilines is 3. The molecule has 1 saturated heterocycles. The maximum atomic E-state index is 10.1. The normalized spacial score (nSPS) is 19.6. The first-order chi connectivity index (χ1) is 15.2.